The third kappa shape index (κ3) is 2.17. The van der Waals surface area contributed by atoms with Crippen molar-refractivity contribution in [2.24, 2.45) is 0 Å². The lowest BCUT2D eigenvalue weighted by Gasteiger charge is -2.33. The molecule has 3 heterocycles. The van der Waals surface area contributed by atoms with Crippen molar-refractivity contribution >= 4 is 32.8 Å². The number of anilines is 1. The second kappa shape index (κ2) is 4.31. The summed E-state index contributed by atoms with van der Waals surface area (Å²) < 4.78 is 0.982. The van der Waals surface area contributed by atoms with Gasteiger partial charge in [0.25, 0.3) is 0 Å². The van der Waals surface area contributed by atoms with Gasteiger partial charge in [0.05, 0.1) is 4.60 Å². The highest BCUT2D eigenvalue weighted by Gasteiger charge is 2.15. The summed E-state index contributed by atoms with van der Waals surface area (Å²) in [5.74, 6) is 1.07. The Balaban J connectivity index is 1.89. The Bertz CT molecular complexity index is 528. The molecule has 1 N–H and O–H groups in total. The number of likely N-dealkylation sites (N-methyl/N-ethyl adjacent to an activating group) is 1. The fourth-order valence-electron chi connectivity index (χ4n) is 2.17. The van der Waals surface area contributed by atoms with Gasteiger partial charge in [-0.25, -0.2) is 4.98 Å². The van der Waals surface area contributed by atoms with Crippen LogP contribution >= 0.6 is 15.9 Å². The zero-order chi connectivity index (χ0) is 11.8. The largest absolute Gasteiger partial charge is 0.354 e. The fourth-order valence-corrected chi connectivity index (χ4v) is 2.61. The quantitative estimate of drug-likeness (QED) is 0.875. The molecule has 0 spiro atoms. The number of halogens is 1. The fraction of sp³-hybridized carbons (Fsp3) is 0.417. The van der Waals surface area contributed by atoms with Crippen LogP contribution in [0.15, 0.2) is 22.8 Å². The van der Waals surface area contributed by atoms with Gasteiger partial charge in [-0.3, -0.25) is 0 Å². The van der Waals surface area contributed by atoms with E-state index in [1.807, 2.05) is 0 Å². The summed E-state index contributed by atoms with van der Waals surface area (Å²) >= 11 is 3.44. The predicted octanol–water partition coefficient (Wildman–Crippen LogP) is 2.08. The molecule has 90 valence electrons. The normalized spacial score (nSPS) is 17.9. The standard InChI is InChI=1S/C12H15BrN4/c1-16-4-6-17(7-5-16)11-3-2-9-8-10(13)14-12(9)15-11/h2-3,8H,4-7H2,1H3,(H,14,15). The van der Waals surface area contributed by atoms with Crippen molar-refractivity contribution in [2.75, 3.05) is 38.1 Å². The number of aromatic amines is 1. The Hall–Kier alpha value is -1.07. The van der Waals surface area contributed by atoms with Gasteiger partial charge in [-0.15, -0.1) is 0 Å². The number of nitrogens with one attached hydrogen (secondary N) is 1. The maximum atomic E-state index is 4.67. The number of hydrogen-bond donors (Lipinski definition) is 1. The Morgan fingerprint density at radius 1 is 1.24 bits per heavy atom. The molecule has 4 nitrogen and oxygen atoms in total. The maximum Gasteiger partial charge on any atom is 0.140 e. The van der Waals surface area contributed by atoms with E-state index in [2.05, 4.69) is 60.9 Å². The summed E-state index contributed by atoms with van der Waals surface area (Å²) in [6.07, 6.45) is 0. The molecule has 0 aromatic carbocycles. The molecule has 3 rings (SSSR count). The number of H-pyrrole nitrogens is 1. The van der Waals surface area contributed by atoms with E-state index in [1.54, 1.807) is 0 Å². The number of hydrogen-bond acceptors (Lipinski definition) is 3. The van der Waals surface area contributed by atoms with Gasteiger partial charge in [0.1, 0.15) is 11.5 Å². The number of nitrogens with zero attached hydrogens (tertiary/aromatic N) is 3. The Morgan fingerprint density at radius 2 is 2.00 bits per heavy atom. The maximum absolute atomic E-state index is 4.67. The van der Waals surface area contributed by atoms with E-state index in [9.17, 15) is 0 Å². The highest BCUT2D eigenvalue weighted by Crippen LogP contribution is 2.21. The van der Waals surface area contributed by atoms with Crippen LogP contribution in [0.4, 0.5) is 5.82 Å². The van der Waals surface area contributed by atoms with Gasteiger partial charge < -0.3 is 14.8 Å². The smallest absolute Gasteiger partial charge is 0.140 e. The number of aromatic nitrogens is 2. The number of pyridine rings is 1. The molecule has 0 aliphatic carbocycles. The summed E-state index contributed by atoms with van der Waals surface area (Å²) in [7, 11) is 2.16. The third-order valence-electron chi connectivity index (χ3n) is 3.26. The van der Waals surface area contributed by atoms with Gasteiger partial charge in [-0.05, 0) is 41.2 Å². The van der Waals surface area contributed by atoms with E-state index in [4.69, 9.17) is 0 Å². The van der Waals surface area contributed by atoms with Crippen LogP contribution in [-0.4, -0.2) is 48.1 Å². The Morgan fingerprint density at radius 3 is 2.76 bits per heavy atom. The van der Waals surface area contributed by atoms with Crippen LogP contribution in [0.1, 0.15) is 0 Å². The van der Waals surface area contributed by atoms with Crippen molar-refractivity contribution in [1.29, 1.82) is 0 Å². The summed E-state index contributed by atoms with van der Waals surface area (Å²) in [6.45, 7) is 4.32. The first-order valence-electron chi connectivity index (χ1n) is 5.81. The molecule has 0 radical (unpaired) electrons. The van der Waals surface area contributed by atoms with E-state index in [1.165, 1.54) is 0 Å². The van der Waals surface area contributed by atoms with Gasteiger partial charge >= 0.3 is 0 Å². The monoisotopic (exact) mass is 294 g/mol. The van der Waals surface area contributed by atoms with Crippen LogP contribution in [0, 0.1) is 0 Å². The van der Waals surface area contributed by atoms with Gasteiger partial charge in [-0.1, -0.05) is 0 Å². The predicted molar refractivity (Wildman–Crippen MR) is 73.5 cm³/mol. The van der Waals surface area contributed by atoms with E-state index >= 15 is 0 Å². The molecule has 0 unspecified atom stereocenters. The molecule has 1 fully saturated rings. The number of rotatable bonds is 1. The molecule has 17 heavy (non-hydrogen) atoms. The minimum atomic E-state index is 0.952. The lowest BCUT2D eigenvalue weighted by molar-refractivity contribution is 0.312. The van der Waals surface area contributed by atoms with Crippen molar-refractivity contribution in [3.63, 3.8) is 0 Å². The van der Waals surface area contributed by atoms with Crippen LogP contribution < -0.4 is 4.90 Å². The zero-order valence-electron chi connectivity index (χ0n) is 9.78. The molecule has 0 atom stereocenters. The summed E-state index contributed by atoms with van der Waals surface area (Å²) in [5.41, 5.74) is 0.952. The minimum Gasteiger partial charge on any atom is -0.354 e. The molecule has 1 aliphatic rings. The molecule has 2 aromatic rings. The Labute approximate surface area is 109 Å². The highest BCUT2D eigenvalue weighted by atomic mass is 79.9. The molecule has 5 heteroatoms. The van der Waals surface area contributed by atoms with Crippen molar-refractivity contribution in [3.05, 3.63) is 22.8 Å². The Kier molecular flexibility index (Phi) is 2.80. The first kappa shape index (κ1) is 11.0. The highest BCUT2D eigenvalue weighted by molar-refractivity contribution is 9.10. The zero-order valence-corrected chi connectivity index (χ0v) is 11.4. The molecule has 1 saturated heterocycles. The first-order valence-corrected chi connectivity index (χ1v) is 6.60. The minimum absolute atomic E-state index is 0.952. The topological polar surface area (TPSA) is 35.2 Å². The van der Waals surface area contributed by atoms with Gasteiger partial charge in [0.2, 0.25) is 0 Å². The van der Waals surface area contributed by atoms with E-state index in [0.717, 1.165) is 47.6 Å². The van der Waals surface area contributed by atoms with E-state index < -0.39 is 0 Å². The molecule has 1 aliphatic heterocycles. The molecular formula is C12H15BrN4. The van der Waals surface area contributed by atoms with Crippen molar-refractivity contribution in [3.8, 4) is 0 Å². The second-order valence-corrected chi connectivity index (χ2v) is 5.37. The third-order valence-corrected chi connectivity index (χ3v) is 3.69. The summed E-state index contributed by atoms with van der Waals surface area (Å²) in [6, 6.07) is 6.28. The van der Waals surface area contributed by atoms with Crippen LogP contribution in [0.2, 0.25) is 0 Å². The van der Waals surface area contributed by atoms with Crippen LogP contribution in [0.5, 0.6) is 0 Å². The molecule has 0 bridgehead atoms. The average Bonchev–Trinajstić information content (AvgIpc) is 2.69. The summed E-state index contributed by atoms with van der Waals surface area (Å²) in [4.78, 5) is 12.6. The lowest BCUT2D eigenvalue weighted by atomic mass is 10.3. The van der Waals surface area contributed by atoms with Crippen molar-refractivity contribution in [1.82, 2.24) is 14.9 Å². The number of fused-ring (bicyclic) bond motifs is 1. The van der Waals surface area contributed by atoms with E-state index in [0.29, 0.717) is 0 Å². The average molecular weight is 295 g/mol. The second-order valence-electron chi connectivity index (χ2n) is 4.51. The van der Waals surface area contributed by atoms with Gasteiger partial charge in [-0.2, -0.15) is 0 Å². The molecular weight excluding hydrogens is 280 g/mol. The molecule has 0 amide bonds. The van der Waals surface area contributed by atoms with Crippen molar-refractivity contribution < 1.29 is 0 Å². The first-order chi connectivity index (χ1) is 8.22. The van der Waals surface area contributed by atoms with E-state index in [-0.39, 0.29) is 0 Å². The van der Waals surface area contributed by atoms with Crippen LogP contribution in [0.3, 0.4) is 0 Å². The lowest BCUT2D eigenvalue weighted by Crippen LogP contribution is -2.44. The molecule has 2 aromatic heterocycles. The van der Waals surface area contributed by atoms with Gasteiger partial charge in [0.15, 0.2) is 0 Å². The van der Waals surface area contributed by atoms with Gasteiger partial charge in [0, 0.05) is 31.6 Å². The van der Waals surface area contributed by atoms with Crippen molar-refractivity contribution in [2.45, 2.75) is 0 Å². The van der Waals surface area contributed by atoms with Crippen LogP contribution in [-0.2, 0) is 0 Å². The molecule has 0 saturated carbocycles. The summed E-state index contributed by atoms with van der Waals surface area (Å²) in [5, 5.41) is 1.15. The van der Waals surface area contributed by atoms with Crippen LogP contribution in [0.25, 0.3) is 11.0 Å². The number of piperazine rings is 1. The SMILES string of the molecule is CN1CCN(c2ccc3cc(Br)[nH]c3n2)CC1.